The number of nitrogens with one attached hydrogen (secondary N) is 2. The highest BCUT2D eigenvalue weighted by Crippen LogP contribution is 2.16. The molecule has 2 amide bonds. The van der Waals surface area contributed by atoms with E-state index in [0.717, 1.165) is 0 Å². The lowest BCUT2D eigenvalue weighted by Crippen LogP contribution is -2.33. The smallest absolute Gasteiger partial charge is 0.340 e. The van der Waals surface area contributed by atoms with Gasteiger partial charge >= 0.3 is 5.97 Å². The van der Waals surface area contributed by atoms with E-state index in [9.17, 15) is 14.4 Å². The number of hydrogen-bond acceptors (Lipinski definition) is 5. The molecule has 0 bridgehead atoms. The molecule has 2 N–H and O–H groups in total. The topological polar surface area (TPSA) is 93.7 Å². The first-order valence-corrected chi connectivity index (χ1v) is 8.60. The number of hydrogen-bond donors (Lipinski definition) is 2. The maximum absolute atomic E-state index is 12.0. The van der Waals surface area contributed by atoms with Crippen LogP contribution >= 0.6 is 0 Å². The minimum atomic E-state index is -0.518. The highest BCUT2D eigenvalue weighted by molar-refractivity contribution is 6.02. The molecule has 27 heavy (non-hydrogen) atoms. The fraction of sp³-hybridized carbons (Fsp3) is 0.250. The van der Waals surface area contributed by atoms with E-state index in [1.807, 2.05) is 18.2 Å². The molecule has 0 atom stereocenters. The van der Waals surface area contributed by atoms with Crippen molar-refractivity contribution in [1.29, 1.82) is 0 Å². The largest absolute Gasteiger partial charge is 0.493 e. The van der Waals surface area contributed by atoms with Crippen molar-refractivity contribution in [3.63, 3.8) is 0 Å². The van der Waals surface area contributed by atoms with Gasteiger partial charge in [-0.2, -0.15) is 0 Å². The Balaban J connectivity index is 1.76. The van der Waals surface area contributed by atoms with Crippen molar-refractivity contribution in [1.82, 2.24) is 5.32 Å². The van der Waals surface area contributed by atoms with Crippen LogP contribution in [-0.2, 0) is 14.3 Å². The summed E-state index contributed by atoms with van der Waals surface area (Å²) < 4.78 is 10.4. The van der Waals surface area contributed by atoms with E-state index in [1.54, 1.807) is 43.3 Å². The predicted molar refractivity (Wildman–Crippen MR) is 101 cm³/mol. The van der Waals surface area contributed by atoms with Gasteiger partial charge in [0.15, 0.2) is 0 Å². The van der Waals surface area contributed by atoms with E-state index < -0.39 is 11.9 Å². The predicted octanol–water partition coefficient (Wildman–Crippen LogP) is 2.39. The maximum Gasteiger partial charge on any atom is 0.340 e. The summed E-state index contributed by atoms with van der Waals surface area (Å²) in [6.07, 6.45) is 0.127. The van der Waals surface area contributed by atoms with Gasteiger partial charge in [0.05, 0.1) is 37.4 Å². The first kappa shape index (κ1) is 20.0. The molecule has 0 spiro atoms. The van der Waals surface area contributed by atoms with Crippen LogP contribution in [0.5, 0.6) is 5.75 Å². The molecule has 0 saturated heterocycles. The van der Waals surface area contributed by atoms with Crippen LogP contribution in [0.1, 0.15) is 23.7 Å². The van der Waals surface area contributed by atoms with Crippen molar-refractivity contribution in [2.75, 3.05) is 25.1 Å². The summed E-state index contributed by atoms with van der Waals surface area (Å²) in [5.74, 6) is -0.585. The molecule has 0 heterocycles. The molecule has 2 aromatic rings. The van der Waals surface area contributed by atoms with Gasteiger partial charge in [-0.1, -0.05) is 30.3 Å². The molecule has 142 valence electrons. The van der Waals surface area contributed by atoms with E-state index >= 15 is 0 Å². The molecular formula is C20H22N2O5. The number of carbonyl (C=O) groups excluding carboxylic acids is 3. The van der Waals surface area contributed by atoms with E-state index in [0.29, 0.717) is 11.4 Å². The molecule has 0 aliphatic rings. The van der Waals surface area contributed by atoms with Crippen molar-refractivity contribution in [2.45, 2.75) is 13.3 Å². The van der Waals surface area contributed by atoms with Crippen molar-refractivity contribution in [3.8, 4) is 5.75 Å². The van der Waals surface area contributed by atoms with Crippen molar-refractivity contribution in [2.24, 2.45) is 0 Å². The third kappa shape index (κ3) is 6.81. The molecule has 2 rings (SSSR count). The summed E-state index contributed by atoms with van der Waals surface area (Å²) in [6, 6.07) is 15.7. The van der Waals surface area contributed by atoms with E-state index in [1.165, 1.54) is 0 Å². The second-order valence-electron chi connectivity index (χ2n) is 5.50. The number of benzene rings is 2. The van der Waals surface area contributed by atoms with E-state index in [-0.39, 0.29) is 37.6 Å². The molecule has 0 radical (unpaired) electrons. The summed E-state index contributed by atoms with van der Waals surface area (Å²) in [5.41, 5.74) is 0.595. The lowest BCUT2D eigenvalue weighted by atomic mass is 10.2. The number of amides is 2. The summed E-state index contributed by atoms with van der Waals surface area (Å²) in [7, 11) is 0. The van der Waals surface area contributed by atoms with Gasteiger partial charge in [-0.05, 0) is 31.2 Å². The third-order valence-corrected chi connectivity index (χ3v) is 3.48. The Hall–Kier alpha value is -3.35. The summed E-state index contributed by atoms with van der Waals surface area (Å²) >= 11 is 0. The van der Waals surface area contributed by atoms with Crippen molar-refractivity contribution >= 4 is 23.5 Å². The van der Waals surface area contributed by atoms with Crippen LogP contribution in [0.15, 0.2) is 54.6 Å². The van der Waals surface area contributed by atoms with E-state index in [4.69, 9.17) is 9.47 Å². The van der Waals surface area contributed by atoms with Gasteiger partial charge in [0.2, 0.25) is 11.8 Å². The second-order valence-corrected chi connectivity index (χ2v) is 5.50. The average Bonchev–Trinajstić information content (AvgIpc) is 2.68. The number of anilines is 1. The molecule has 0 saturated carbocycles. The Morgan fingerprint density at radius 2 is 1.63 bits per heavy atom. The van der Waals surface area contributed by atoms with Crippen LogP contribution in [0.4, 0.5) is 5.69 Å². The Morgan fingerprint density at radius 1 is 0.926 bits per heavy atom. The lowest BCUT2D eigenvalue weighted by Gasteiger charge is -2.11. The lowest BCUT2D eigenvalue weighted by molar-refractivity contribution is -0.124. The molecule has 0 aromatic heterocycles. The monoisotopic (exact) mass is 370 g/mol. The zero-order valence-corrected chi connectivity index (χ0v) is 15.1. The molecule has 0 unspecified atom stereocenters. The minimum absolute atomic E-state index is 0.127. The zero-order chi connectivity index (χ0) is 19.5. The summed E-state index contributed by atoms with van der Waals surface area (Å²) in [5, 5.41) is 5.12. The van der Waals surface area contributed by atoms with Crippen LogP contribution < -0.4 is 15.4 Å². The van der Waals surface area contributed by atoms with Gasteiger partial charge in [0, 0.05) is 0 Å². The number of para-hydroxylation sites is 2. The maximum atomic E-state index is 12.0. The van der Waals surface area contributed by atoms with Gasteiger partial charge < -0.3 is 20.1 Å². The van der Waals surface area contributed by atoms with Crippen LogP contribution in [-0.4, -0.2) is 37.5 Å². The number of ether oxygens (including phenoxy) is 2. The number of carbonyl (C=O) groups is 3. The van der Waals surface area contributed by atoms with Gasteiger partial charge in [-0.15, -0.1) is 0 Å². The minimum Gasteiger partial charge on any atom is -0.493 e. The normalized spacial score (nSPS) is 9.96. The van der Waals surface area contributed by atoms with Crippen LogP contribution in [0, 0.1) is 0 Å². The fourth-order valence-corrected chi connectivity index (χ4v) is 2.22. The molecule has 0 aliphatic carbocycles. The molecule has 0 fully saturated rings. The standard InChI is InChI=1S/C20H22N2O5/c1-2-26-20(25)16-10-6-7-11-17(16)22-19(24)14-21-18(23)12-13-27-15-8-4-3-5-9-15/h3-11H,2,12-14H2,1H3,(H,21,23)(H,22,24). The molecule has 7 heteroatoms. The third-order valence-electron chi connectivity index (χ3n) is 3.48. The van der Waals surface area contributed by atoms with Gasteiger partial charge in [0.1, 0.15) is 5.75 Å². The van der Waals surface area contributed by atoms with Gasteiger partial charge in [-0.25, -0.2) is 4.79 Å². The van der Waals surface area contributed by atoms with E-state index in [2.05, 4.69) is 10.6 Å². The zero-order valence-electron chi connectivity index (χ0n) is 15.1. The first-order valence-electron chi connectivity index (χ1n) is 8.60. The Morgan fingerprint density at radius 3 is 2.37 bits per heavy atom. The quantitative estimate of drug-likeness (QED) is 0.661. The number of rotatable bonds is 9. The molecule has 7 nitrogen and oxygen atoms in total. The summed E-state index contributed by atoms with van der Waals surface area (Å²) in [4.78, 5) is 35.7. The Bertz CT molecular complexity index is 777. The molecular weight excluding hydrogens is 348 g/mol. The SMILES string of the molecule is CCOC(=O)c1ccccc1NC(=O)CNC(=O)CCOc1ccccc1. The van der Waals surface area contributed by atoms with Crippen molar-refractivity contribution < 1.29 is 23.9 Å². The number of esters is 1. The fourth-order valence-electron chi connectivity index (χ4n) is 2.22. The van der Waals surface area contributed by atoms with Crippen LogP contribution in [0.2, 0.25) is 0 Å². The van der Waals surface area contributed by atoms with Crippen LogP contribution in [0.25, 0.3) is 0 Å². The Kier molecular flexibility index (Phi) is 7.84. The first-order chi connectivity index (χ1) is 13.1. The second kappa shape index (κ2) is 10.6. The highest BCUT2D eigenvalue weighted by Gasteiger charge is 2.14. The molecule has 0 aliphatic heterocycles. The van der Waals surface area contributed by atoms with Crippen LogP contribution in [0.3, 0.4) is 0 Å². The van der Waals surface area contributed by atoms with Crippen molar-refractivity contribution in [3.05, 3.63) is 60.2 Å². The average molecular weight is 370 g/mol. The van der Waals surface area contributed by atoms with Gasteiger partial charge in [0.25, 0.3) is 0 Å². The van der Waals surface area contributed by atoms with Gasteiger partial charge in [-0.3, -0.25) is 9.59 Å². The summed E-state index contributed by atoms with van der Waals surface area (Å²) in [6.45, 7) is 1.95. The molecule has 2 aromatic carbocycles. The Labute approximate surface area is 157 Å². The highest BCUT2D eigenvalue weighted by atomic mass is 16.5.